The first-order chi connectivity index (χ1) is 6.86. The molecule has 70 valence electrons. The Labute approximate surface area is 89.1 Å². The zero-order chi connectivity index (χ0) is 10.2. The van der Waals surface area contributed by atoms with Crippen LogP contribution in [0.25, 0.3) is 0 Å². The number of hydrogen-bond donors (Lipinski definition) is 0. The molecule has 1 rings (SSSR count). The Hall–Kier alpha value is -1.38. The average Bonchev–Trinajstić information content (AvgIpc) is 2.19. The van der Waals surface area contributed by atoms with Crippen molar-refractivity contribution in [1.82, 2.24) is 0 Å². The second-order valence-corrected chi connectivity index (χ2v) is 3.93. The van der Waals surface area contributed by atoms with Gasteiger partial charge in [0.25, 0.3) is 0 Å². The predicted octanol–water partition coefficient (Wildman–Crippen LogP) is 3.06. The lowest BCUT2D eigenvalue weighted by molar-refractivity contribution is 1.39. The Morgan fingerprint density at radius 2 is 2.29 bits per heavy atom. The molecule has 0 fully saturated rings. The van der Waals surface area contributed by atoms with Gasteiger partial charge in [-0.05, 0) is 24.0 Å². The molecule has 0 bridgehead atoms. The van der Waals surface area contributed by atoms with Crippen molar-refractivity contribution in [1.29, 1.82) is 5.26 Å². The van der Waals surface area contributed by atoms with Gasteiger partial charge in [-0.15, -0.1) is 11.8 Å². The molecule has 1 nitrogen and oxygen atoms in total. The van der Waals surface area contributed by atoms with Crippen molar-refractivity contribution >= 4 is 11.8 Å². The summed E-state index contributed by atoms with van der Waals surface area (Å²) in [5, 5.41) is 8.33. The number of nitrogens with zero attached hydrogens (tertiary/aromatic N) is 1. The van der Waals surface area contributed by atoms with Crippen LogP contribution in [0.4, 0.5) is 0 Å². The van der Waals surface area contributed by atoms with Gasteiger partial charge in [-0.3, -0.25) is 0 Å². The van der Waals surface area contributed by atoms with Crippen LogP contribution in [0.15, 0.2) is 29.2 Å². The number of rotatable bonds is 2. The summed E-state index contributed by atoms with van der Waals surface area (Å²) in [6.07, 6.45) is 0.297. The van der Waals surface area contributed by atoms with Crippen molar-refractivity contribution in [2.75, 3.05) is 5.75 Å². The Balaban J connectivity index is 2.75. The van der Waals surface area contributed by atoms with Crippen molar-refractivity contribution in [3.05, 3.63) is 29.8 Å². The van der Waals surface area contributed by atoms with E-state index >= 15 is 0 Å². The van der Waals surface area contributed by atoms with E-state index in [1.54, 1.807) is 11.8 Å². The molecule has 0 saturated heterocycles. The van der Waals surface area contributed by atoms with E-state index in [-0.39, 0.29) is 0 Å². The fourth-order valence-corrected chi connectivity index (χ4v) is 1.73. The van der Waals surface area contributed by atoms with Gasteiger partial charge >= 0.3 is 0 Å². The predicted molar refractivity (Wildman–Crippen MR) is 59.9 cm³/mol. The van der Waals surface area contributed by atoms with Gasteiger partial charge in [0.15, 0.2) is 0 Å². The van der Waals surface area contributed by atoms with Gasteiger partial charge in [-0.2, -0.15) is 5.26 Å². The third-order valence-corrected chi connectivity index (χ3v) is 2.42. The molecule has 0 saturated carbocycles. The molecule has 14 heavy (non-hydrogen) atoms. The number of benzene rings is 1. The lowest BCUT2D eigenvalue weighted by Gasteiger charge is -1.97. The highest BCUT2D eigenvalue weighted by atomic mass is 32.2. The van der Waals surface area contributed by atoms with Gasteiger partial charge in [0, 0.05) is 10.5 Å². The second kappa shape index (κ2) is 6.13. The zero-order valence-corrected chi connectivity index (χ0v) is 8.90. The van der Waals surface area contributed by atoms with E-state index in [9.17, 15) is 0 Å². The Bertz CT molecular complexity index is 393. The number of nitriles is 1. The van der Waals surface area contributed by atoms with Crippen LogP contribution in [0.2, 0.25) is 0 Å². The summed E-state index contributed by atoms with van der Waals surface area (Å²) in [6, 6.07) is 10.1. The Morgan fingerprint density at radius 1 is 1.43 bits per heavy atom. The highest BCUT2D eigenvalue weighted by Crippen LogP contribution is 2.17. The highest BCUT2D eigenvalue weighted by molar-refractivity contribution is 7.99. The van der Waals surface area contributed by atoms with Gasteiger partial charge in [-0.25, -0.2) is 0 Å². The molecule has 0 heterocycles. The van der Waals surface area contributed by atoms with Gasteiger partial charge < -0.3 is 0 Å². The fourth-order valence-electron chi connectivity index (χ4n) is 1.02. The third-order valence-electron chi connectivity index (χ3n) is 1.55. The van der Waals surface area contributed by atoms with Crippen molar-refractivity contribution in [3.8, 4) is 17.9 Å². The van der Waals surface area contributed by atoms with Crippen molar-refractivity contribution in [3.63, 3.8) is 0 Å². The molecule has 0 N–H and O–H groups in total. The summed E-state index contributed by atoms with van der Waals surface area (Å²) in [7, 11) is 0. The molecule has 0 amide bonds. The van der Waals surface area contributed by atoms with Crippen LogP contribution >= 0.6 is 11.8 Å². The van der Waals surface area contributed by atoms with Crippen LogP contribution in [0.3, 0.4) is 0 Å². The first kappa shape index (κ1) is 10.7. The van der Waals surface area contributed by atoms with Crippen LogP contribution < -0.4 is 0 Å². The molecule has 0 atom stereocenters. The van der Waals surface area contributed by atoms with E-state index in [0.717, 1.165) is 11.3 Å². The van der Waals surface area contributed by atoms with Gasteiger partial charge in [-0.1, -0.05) is 24.8 Å². The van der Waals surface area contributed by atoms with E-state index in [2.05, 4.69) is 30.9 Å². The molecule has 0 spiro atoms. The van der Waals surface area contributed by atoms with Crippen LogP contribution in [0, 0.1) is 23.2 Å². The molecule has 0 radical (unpaired) electrons. The molecule has 0 aromatic heterocycles. The van der Waals surface area contributed by atoms with E-state index in [4.69, 9.17) is 5.26 Å². The molecule has 1 aromatic carbocycles. The summed E-state index contributed by atoms with van der Waals surface area (Å²) in [6.45, 7) is 2.12. The van der Waals surface area contributed by atoms with Crippen molar-refractivity contribution in [2.24, 2.45) is 0 Å². The summed E-state index contributed by atoms with van der Waals surface area (Å²) in [4.78, 5) is 1.23. The maximum absolute atomic E-state index is 8.33. The highest BCUT2D eigenvalue weighted by Gasteiger charge is 1.91. The van der Waals surface area contributed by atoms with E-state index in [1.165, 1.54) is 4.90 Å². The molecule has 0 aliphatic carbocycles. The summed E-state index contributed by atoms with van der Waals surface area (Å²) >= 11 is 1.80. The Kier molecular flexibility index (Phi) is 4.69. The molecule has 0 aliphatic heterocycles. The first-order valence-electron chi connectivity index (χ1n) is 4.45. The quantitative estimate of drug-likeness (QED) is 0.542. The normalized spacial score (nSPS) is 8.57. The largest absolute Gasteiger partial charge is 0.197 e. The number of hydrogen-bond acceptors (Lipinski definition) is 2. The van der Waals surface area contributed by atoms with Crippen LogP contribution in [0.5, 0.6) is 0 Å². The molecule has 0 aliphatic rings. The monoisotopic (exact) mass is 201 g/mol. The van der Waals surface area contributed by atoms with E-state index in [1.807, 2.05) is 18.2 Å². The van der Waals surface area contributed by atoms with E-state index < -0.39 is 0 Å². The van der Waals surface area contributed by atoms with Crippen LogP contribution in [0.1, 0.15) is 18.9 Å². The maximum Gasteiger partial charge on any atom is 0.0966 e. The van der Waals surface area contributed by atoms with Gasteiger partial charge in [0.2, 0.25) is 0 Å². The molecule has 2 heteroatoms. The molecule has 1 aromatic rings. The summed E-state index contributed by atoms with van der Waals surface area (Å²) in [5.74, 6) is 6.82. The third kappa shape index (κ3) is 3.56. The SMILES string of the molecule is CCSc1cccc(C#CCC#N)c1. The maximum atomic E-state index is 8.33. The lowest BCUT2D eigenvalue weighted by atomic mass is 10.2. The minimum Gasteiger partial charge on any atom is -0.197 e. The topological polar surface area (TPSA) is 23.8 Å². The van der Waals surface area contributed by atoms with Crippen molar-refractivity contribution < 1.29 is 0 Å². The minimum atomic E-state index is 0.297. The average molecular weight is 201 g/mol. The fraction of sp³-hybridized carbons (Fsp3) is 0.250. The first-order valence-corrected chi connectivity index (χ1v) is 5.44. The second-order valence-electron chi connectivity index (χ2n) is 2.60. The van der Waals surface area contributed by atoms with Crippen molar-refractivity contribution in [2.45, 2.75) is 18.2 Å². The minimum absolute atomic E-state index is 0.297. The summed E-state index contributed by atoms with van der Waals surface area (Å²) < 4.78 is 0. The standard InChI is InChI=1S/C12H11NS/c1-2-14-12-8-5-7-11(10-12)6-3-4-9-13/h5,7-8,10H,2,4H2,1H3. The zero-order valence-electron chi connectivity index (χ0n) is 8.08. The van der Waals surface area contributed by atoms with Crippen LogP contribution in [-0.2, 0) is 0 Å². The van der Waals surface area contributed by atoms with Gasteiger partial charge in [0.1, 0.15) is 0 Å². The molecular formula is C12H11NS. The molecule has 0 unspecified atom stereocenters. The van der Waals surface area contributed by atoms with Gasteiger partial charge in [0.05, 0.1) is 12.5 Å². The summed E-state index contributed by atoms with van der Waals surface area (Å²) in [5.41, 5.74) is 0.985. The van der Waals surface area contributed by atoms with E-state index in [0.29, 0.717) is 6.42 Å². The molecular weight excluding hydrogens is 190 g/mol. The lowest BCUT2D eigenvalue weighted by Crippen LogP contribution is -1.77. The van der Waals surface area contributed by atoms with Crippen LogP contribution in [-0.4, -0.2) is 5.75 Å². The number of thioether (sulfide) groups is 1. The smallest absolute Gasteiger partial charge is 0.0966 e. The Morgan fingerprint density at radius 3 is 3.00 bits per heavy atom.